The second-order valence-corrected chi connectivity index (χ2v) is 8.15. The van der Waals surface area contributed by atoms with E-state index in [4.69, 9.17) is 8.83 Å². The van der Waals surface area contributed by atoms with E-state index in [0.29, 0.717) is 17.1 Å². The second kappa shape index (κ2) is 8.90. The average Bonchev–Trinajstić information content (AvgIpc) is 3.51. The highest BCUT2D eigenvalue weighted by molar-refractivity contribution is 6.02. The smallest absolute Gasteiger partial charge is 0.291 e. The highest BCUT2D eigenvalue weighted by atomic mass is 16.6. The maximum Gasteiger partial charge on any atom is 0.291 e. The summed E-state index contributed by atoms with van der Waals surface area (Å²) in [6, 6.07) is 20.9. The number of furan rings is 1. The first-order valence-electron chi connectivity index (χ1n) is 11.1. The van der Waals surface area contributed by atoms with Gasteiger partial charge in [-0.3, -0.25) is 14.9 Å². The van der Waals surface area contributed by atoms with E-state index in [-0.39, 0.29) is 17.2 Å². The molecule has 8 nitrogen and oxygen atoms in total. The average molecular weight is 467 g/mol. The van der Waals surface area contributed by atoms with Crippen molar-refractivity contribution in [3.05, 3.63) is 99.8 Å². The molecule has 0 fully saturated rings. The lowest BCUT2D eigenvalue weighted by atomic mass is 10.1. The number of aryl methyl sites for hydroxylation is 2. The van der Waals surface area contributed by atoms with Crippen LogP contribution in [0.5, 0.6) is 0 Å². The van der Waals surface area contributed by atoms with Gasteiger partial charge in [0.25, 0.3) is 11.6 Å². The van der Waals surface area contributed by atoms with Crippen LogP contribution in [0.25, 0.3) is 33.9 Å². The predicted molar refractivity (Wildman–Crippen MR) is 132 cm³/mol. The molecule has 0 aliphatic carbocycles. The fourth-order valence-electron chi connectivity index (χ4n) is 3.81. The molecule has 0 spiro atoms. The SMILES string of the molecule is CCc1ccc2oc(-c3ccc(NC(=O)c4ccc(-c5ccc(C)cc5[N+](=O)[O-])o4)cc3)nc2c1. The molecule has 0 radical (unpaired) electrons. The zero-order chi connectivity index (χ0) is 24.5. The number of nitro groups is 1. The van der Waals surface area contributed by atoms with Crippen LogP contribution in [0.1, 0.15) is 28.6 Å². The van der Waals surface area contributed by atoms with Gasteiger partial charge in [0, 0.05) is 17.3 Å². The molecule has 2 heterocycles. The minimum Gasteiger partial charge on any atom is -0.451 e. The number of nitro benzene ring substituents is 1. The lowest BCUT2D eigenvalue weighted by molar-refractivity contribution is -0.384. The van der Waals surface area contributed by atoms with E-state index in [1.807, 2.05) is 30.3 Å². The summed E-state index contributed by atoms with van der Waals surface area (Å²) >= 11 is 0. The van der Waals surface area contributed by atoms with Crippen LogP contribution in [-0.4, -0.2) is 15.8 Å². The molecule has 0 bridgehead atoms. The quantitative estimate of drug-likeness (QED) is 0.217. The first-order chi connectivity index (χ1) is 16.9. The van der Waals surface area contributed by atoms with Crippen molar-refractivity contribution in [3.8, 4) is 22.8 Å². The van der Waals surface area contributed by atoms with E-state index in [0.717, 1.165) is 28.6 Å². The molecule has 0 aliphatic rings. The zero-order valence-corrected chi connectivity index (χ0v) is 19.1. The summed E-state index contributed by atoms with van der Waals surface area (Å²) in [5.74, 6) is 0.332. The molecule has 0 unspecified atom stereocenters. The Kier molecular flexibility index (Phi) is 5.62. The van der Waals surface area contributed by atoms with Gasteiger partial charge in [0.05, 0.1) is 10.5 Å². The molecular formula is C27H21N3O5. The molecule has 8 heteroatoms. The monoisotopic (exact) mass is 467 g/mol. The number of nitrogens with zero attached hydrogens (tertiary/aromatic N) is 2. The summed E-state index contributed by atoms with van der Waals surface area (Å²) in [7, 11) is 0. The number of carbonyl (C=O) groups is 1. The molecule has 5 rings (SSSR count). The number of rotatable bonds is 6. The summed E-state index contributed by atoms with van der Waals surface area (Å²) in [6.07, 6.45) is 0.922. The van der Waals surface area contributed by atoms with Gasteiger partial charge in [0.2, 0.25) is 5.89 Å². The lowest BCUT2D eigenvalue weighted by Gasteiger charge is -2.04. The predicted octanol–water partition coefficient (Wildman–Crippen LogP) is 6.79. The Labute approximate surface area is 200 Å². The molecule has 1 N–H and O–H groups in total. The van der Waals surface area contributed by atoms with E-state index in [9.17, 15) is 14.9 Å². The van der Waals surface area contributed by atoms with Crippen molar-refractivity contribution in [2.75, 3.05) is 5.32 Å². The largest absolute Gasteiger partial charge is 0.451 e. The van der Waals surface area contributed by atoms with Crippen molar-refractivity contribution < 1.29 is 18.6 Å². The number of aromatic nitrogens is 1. The van der Waals surface area contributed by atoms with Crippen LogP contribution in [0.4, 0.5) is 11.4 Å². The molecule has 3 aromatic carbocycles. The topological polar surface area (TPSA) is 111 Å². The first kappa shape index (κ1) is 22.1. The molecule has 174 valence electrons. The Bertz CT molecular complexity index is 1560. The fraction of sp³-hybridized carbons (Fsp3) is 0.111. The van der Waals surface area contributed by atoms with Gasteiger partial charge < -0.3 is 14.2 Å². The maximum absolute atomic E-state index is 12.7. The van der Waals surface area contributed by atoms with Crippen molar-refractivity contribution in [2.45, 2.75) is 20.3 Å². The summed E-state index contributed by atoms with van der Waals surface area (Å²) in [5, 5.41) is 14.2. The van der Waals surface area contributed by atoms with E-state index in [1.165, 1.54) is 17.7 Å². The van der Waals surface area contributed by atoms with E-state index in [1.54, 1.807) is 37.3 Å². The Morgan fingerprint density at radius 1 is 1.00 bits per heavy atom. The number of carbonyl (C=O) groups excluding carboxylic acids is 1. The van der Waals surface area contributed by atoms with Crippen LogP contribution in [0, 0.1) is 17.0 Å². The normalized spacial score (nSPS) is 11.0. The van der Waals surface area contributed by atoms with Gasteiger partial charge in [-0.15, -0.1) is 0 Å². The van der Waals surface area contributed by atoms with Crippen LogP contribution >= 0.6 is 0 Å². The number of hydrogen-bond acceptors (Lipinski definition) is 6. The number of hydrogen-bond donors (Lipinski definition) is 1. The van der Waals surface area contributed by atoms with E-state index < -0.39 is 10.8 Å². The molecular weight excluding hydrogens is 446 g/mol. The van der Waals surface area contributed by atoms with E-state index in [2.05, 4.69) is 17.2 Å². The molecule has 2 aromatic heterocycles. The molecule has 1 amide bonds. The third-order valence-corrected chi connectivity index (χ3v) is 5.70. The standard InChI is InChI=1S/C27H21N3O5/c1-3-17-5-11-24-21(15-17)29-27(35-24)18-6-8-19(9-7-18)28-26(31)25-13-12-23(34-25)20-10-4-16(2)14-22(20)30(32)33/h4-15H,3H2,1-2H3,(H,28,31). The summed E-state index contributed by atoms with van der Waals surface area (Å²) in [5.41, 5.74) is 5.05. The maximum atomic E-state index is 12.7. The molecule has 35 heavy (non-hydrogen) atoms. The van der Waals surface area contributed by atoms with E-state index >= 15 is 0 Å². The van der Waals surface area contributed by atoms with Crippen molar-refractivity contribution >= 4 is 28.4 Å². The van der Waals surface area contributed by atoms with Crippen molar-refractivity contribution in [3.63, 3.8) is 0 Å². The van der Waals surface area contributed by atoms with Gasteiger partial charge in [-0.05, 0) is 79.1 Å². The molecule has 0 saturated heterocycles. The summed E-state index contributed by atoms with van der Waals surface area (Å²) in [4.78, 5) is 28.2. The number of oxazole rings is 1. The number of fused-ring (bicyclic) bond motifs is 1. The molecule has 0 saturated carbocycles. The Hall–Kier alpha value is -4.72. The third-order valence-electron chi connectivity index (χ3n) is 5.70. The lowest BCUT2D eigenvalue weighted by Crippen LogP contribution is -2.10. The summed E-state index contributed by atoms with van der Waals surface area (Å²) < 4.78 is 11.5. The van der Waals surface area contributed by atoms with Gasteiger partial charge >= 0.3 is 0 Å². The first-order valence-corrected chi connectivity index (χ1v) is 11.1. The van der Waals surface area contributed by atoms with Crippen molar-refractivity contribution in [2.24, 2.45) is 0 Å². The number of amides is 1. The molecule has 0 atom stereocenters. The highest BCUT2D eigenvalue weighted by Gasteiger charge is 2.20. The van der Waals surface area contributed by atoms with Gasteiger partial charge in [0.1, 0.15) is 11.3 Å². The zero-order valence-electron chi connectivity index (χ0n) is 19.1. The minimum atomic E-state index is -0.467. The fourth-order valence-corrected chi connectivity index (χ4v) is 3.81. The number of anilines is 1. The second-order valence-electron chi connectivity index (χ2n) is 8.15. The number of nitrogens with one attached hydrogen (secondary N) is 1. The van der Waals surface area contributed by atoms with Crippen LogP contribution in [-0.2, 0) is 6.42 Å². The molecule has 0 aliphatic heterocycles. The van der Waals surface area contributed by atoms with Gasteiger partial charge in [0.15, 0.2) is 11.3 Å². The Morgan fingerprint density at radius 2 is 1.80 bits per heavy atom. The molecule has 5 aromatic rings. The van der Waals surface area contributed by atoms with Gasteiger partial charge in [-0.1, -0.05) is 19.1 Å². The van der Waals surface area contributed by atoms with Gasteiger partial charge in [-0.2, -0.15) is 0 Å². The van der Waals surface area contributed by atoms with Crippen LogP contribution < -0.4 is 5.32 Å². The Morgan fingerprint density at radius 3 is 2.54 bits per heavy atom. The van der Waals surface area contributed by atoms with Crippen molar-refractivity contribution in [1.29, 1.82) is 0 Å². The van der Waals surface area contributed by atoms with Crippen LogP contribution in [0.15, 0.2) is 81.6 Å². The minimum absolute atomic E-state index is 0.0460. The third kappa shape index (κ3) is 4.41. The van der Waals surface area contributed by atoms with Crippen LogP contribution in [0.3, 0.4) is 0 Å². The highest BCUT2D eigenvalue weighted by Crippen LogP contribution is 2.32. The number of benzene rings is 3. The summed E-state index contributed by atoms with van der Waals surface area (Å²) in [6.45, 7) is 3.86. The van der Waals surface area contributed by atoms with Crippen molar-refractivity contribution in [1.82, 2.24) is 4.98 Å². The van der Waals surface area contributed by atoms with Crippen LogP contribution in [0.2, 0.25) is 0 Å². The van der Waals surface area contributed by atoms with Gasteiger partial charge in [-0.25, -0.2) is 4.98 Å². The Balaban J connectivity index is 1.33.